The number of fused-ring (bicyclic) bond motifs is 2. The van der Waals surface area contributed by atoms with Gasteiger partial charge in [-0.2, -0.15) is 0 Å². The number of hydrogen-bond donors (Lipinski definition) is 4. The molecule has 0 saturated carbocycles. The van der Waals surface area contributed by atoms with Crippen LogP contribution in [0.25, 0.3) is 44.8 Å². The molecule has 0 amide bonds. The lowest BCUT2D eigenvalue weighted by atomic mass is 10.1. The third-order valence-corrected chi connectivity index (χ3v) is 5.64. The van der Waals surface area contributed by atoms with Gasteiger partial charge in [-0.1, -0.05) is 24.3 Å². The Labute approximate surface area is 196 Å². The molecule has 0 radical (unpaired) electrons. The molecule has 0 atom stereocenters. The minimum absolute atomic E-state index is 0.531. The van der Waals surface area contributed by atoms with Gasteiger partial charge in [-0.05, 0) is 50.2 Å². The van der Waals surface area contributed by atoms with Crippen LogP contribution in [0.3, 0.4) is 0 Å². The first-order chi connectivity index (χ1) is 16.6. The molecule has 5 aromatic rings. The van der Waals surface area contributed by atoms with Crippen LogP contribution in [0.4, 0.5) is 0 Å². The first kappa shape index (κ1) is 21.4. The van der Waals surface area contributed by atoms with Crippen molar-refractivity contribution in [1.29, 1.82) is 0 Å². The summed E-state index contributed by atoms with van der Waals surface area (Å²) >= 11 is 0. The maximum atomic E-state index is 6.05. The number of nitrogens with zero attached hydrogens (tertiary/aromatic N) is 4. The fraction of sp³-hybridized carbons (Fsp3) is 0.154. The molecule has 0 spiro atoms. The fourth-order valence-electron chi connectivity index (χ4n) is 3.92. The van der Waals surface area contributed by atoms with Crippen LogP contribution in [0.1, 0.15) is 25.0 Å². The van der Waals surface area contributed by atoms with E-state index >= 15 is 0 Å². The summed E-state index contributed by atoms with van der Waals surface area (Å²) in [5, 5.41) is 0. The van der Waals surface area contributed by atoms with E-state index in [-0.39, 0.29) is 0 Å². The number of aliphatic imine (C=N–C) groups is 2. The van der Waals surface area contributed by atoms with E-state index in [1.807, 2.05) is 74.5 Å². The van der Waals surface area contributed by atoms with Gasteiger partial charge in [0.05, 0.1) is 22.1 Å². The zero-order chi connectivity index (χ0) is 23.7. The highest BCUT2D eigenvalue weighted by Gasteiger charge is 2.10. The van der Waals surface area contributed by atoms with E-state index in [0.29, 0.717) is 24.8 Å². The second-order valence-electron chi connectivity index (χ2n) is 7.93. The molecule has 5 rings (SSSR count). The van der Waals surface area contributed by atoms with Crippen LogP contribution in [0.2, 0.25) is 0 Å². The predicted molar refractivity (Wildman–Crippen MR) is 139 cm³/mol. The van der Waals surface area contributed by atoms with Crippen molar-refractivity contribution < 1.29 is 0 Å². The number of nitrogens with one attached hydrogen (secondary N) is 2. The minimum Gasteiger partial charge on any atom is -0.384 e. The topological polar surface area (TPSA) is 134 Å². The second-order valence-corrected chi connectivity index (χ2v) is 7.93. The maximum Gasteiger partial charge on any atom is 0.138 e. The zero-order valence-corrected chi connectivity index (χ0v) is 19.1. The van der Waals surface area contributed by atoms with Crippen molar-refractivity contribution in [2.24, 2.45) is 21.5 Å². The van der Waals surface area contributed by atoms with E-state index in [2.05, 4.69) is 20.0 Å². The van der Waals surface area contributed by atoms with E-state index in [0.717, 1.165) is 56.0 Å². The first-order valence-corrected chi connectivity index (χ1v) is 11.3. The molecule has 170 valence electrons. The predicted octanol–water partition coefficient (Wildman–Crippen LogP) is 4.22. The largest absolute Gasteiger partial charge is 0.384 e. The number of benzene rings is 3. The van der Waals surface area contributed by atoms with Gasteiger partial charge in [-0.25, -0.2) is 9.97 Å². The molecule has 34 heavy (non-hydrogen) atoms. The molecule has 0 aliphatic carbocycles. The lowest BCUT2D eigenvalue weighted by Crippen LogP contribution is -2.13. The van der Waals surface area contributed by atoms with Gasteiger partial charge >= 0.3 is 0 Å². The molecule has 0 bridgehead atoms. The summed E-state index contributed by atoms with van der Waals surface area (Å²) in [6.45, 7) is 5.23. The van der Waals surface area contributed by atoms with E-state index in [9.17, 15) is 0 Å². The molecule has 0 unspecified atom stereocenters. The van der Waals surface area contributed by atoms with Gasteiger partial charge < -0.3 is 21.4 Å². The number of aromatic amines is 2. The molecule has 0 aliphatic heterocycles. The quantitative estimate of drug-likeness (QED) is 0.227. The van der Waals surface area contributed by atoms with Crippen LogP contribution in [-0.4, -0.2) is 44.7 Å². The smallest absolute Gasteiger partial charge is 0.138 e. The Morgan fingerprint density at radius 2 is 1.09 bits per heavy atom. The van der Waals surface area contributed by atoms with Crippen LogP contribution < -0.4 is 11.5 Å². The van der Waals surface area contributed by atoms with E-state index in [4.69, 9.17) is 21.4 Å². The number of H-pyrrole nitrogens is 2. The highest BCUT2D eigenvalue weighted by atomic mass is 14.9. The van der Waals surface area contributed by atoms with Crippen LogP contribution in [0, 0.1) is 0 Å². The summed E-state index contributed by atoms with van der Waals surface area (Å²) in [6, 6.07) is 19.9. The molecule has 2 aromatic heterocycles. The third kappa shape index (κ3) is 4.01. The number of imidazole rings is 2. The minimum atomic E-state index is 0.531. The maximum absolute atomic E-state index is 6.05. The van der Waals surface area contributed by atoms with Crippen molar-refractivity contribution in [3.8, 4) is 22.8 Å². The van der Waals surface area contributed by atoms with Gasteiger partial charge in [0.2, 0.25) is 0 Å². The summed E-state index contributed by atoms with van der Waals surface area (Å²) in [5.74, 6) is 2.65. The monoisotopic (exact) mass is 450 g/mol. The molecule has 0 fully saturated rings. The number of nitrogens with two attached hydrogens (primary N) is 2. The molecule has 8 nitrogen and oxygen atoms in total. The average molecular weight is 451 g/mol. The molecule has 0 aliphatic rings. The van der Waals surface area contributed by atoms with Crippen molar-refractivity contribution in [2.75, 3.05) is 13.1 Å². The number of aromatic nitrogens is 4. The normalized spacial score (nSPS) is 12.6. The van der Waals surface area contributed by atoms with Crippen molar-refractivity contribution >= 4 is 33.7 Å². The lowest BCUT2D eigenvalue weighted by molar-refractivity contribution is 1.12. The summed E-state index contributed by atoms with van der Waals surface area (Å²) < 4.78 is 0. The standard InChI is InChI=1S/C26H26N8/c1-3-29-23(27)17-9-11-19-21(13-17)33-25(31-19)15-5-7-16(8-6-15)26-32-20-12-10-18(14-22(20)34-26)24(28)30-4-2/h5-14H,3-4H2,1-2H3,(H2,27,29)(H2,28,30)(H,31,33)(H,32,34). The van der Waals surface area contributed by atoms with Gasteiger partial charge in [0.15, 0.2) is 0 Å². The number of amidine groups is 2. The Bertz CT molecular complexity index is 1420. The van der Waals surface area contributed by atoms with Gasteiger partial charge in [0.25, 0.3) is 0 Å². The molecule has 8 heteroatoms. The Balaban J connectivity index is 1.43. The van der Waals surface area contributed by atoms with Crippen LogP contribution in [-0.2, 0) is 0 Å². The summed E-state index contributed by atoms with van der Waals surface area (Å²) in [6.07, 6.45) is 0. The summed E-state index contributed by atoms with van der Waals surface area (Å²) in [5.41, 5.74) is 19.4. The molecular weight excluding hydrogens is 424 g/mol. The second kappa shape index (κ2) is 8.82. The molecule has 3 aromatic carbocycles. The summed E-state index contributed by atoms with van der Waals surface area (Å²) in [4.78, 5) is 24.8. The molecule has 6 N–H and O–H groups in total. The Kier molecular flexibility index (Phi) is 5.55. The van der Waals surface area contributed by atoms with Gasteiger partial charge in [0, 0.05) is 35.3 Å². The Hall–Kier alpha value is -4.46. The first-order valence-electron chi connectivity index (χ1n) is 11.3. The van der Waals surface area contributed by atoms with Crippen molar-refractivity contribution in [3.63, 3.8) is 0 Å². The van der Waals surface area contributed by atoms with Gasteiger partial charge in [-0.3, -0.25) is 9.98 Å². The van der Waals surface area contributed by atoms with Crippen molar-refractivity contribution in [3.05, 3.63) is 71.8 Å². The van der Waals surface area contributed by atoms with Crippen LogP contribution in [0.15, 0.2) is 70.6 Å². The molecule has 0 saturated heterocycles. The average Bonchev–Trinajstić information content (AvgIpc) is 3.47. The highest BCUT2D eigenvalue weighted by molar-refractivity contribution is 6.01. The van der Waals surface area contributed by atoms with Crippen molar-refractivity contribution in [2.45, 2.75) is 13.8 Å². The van der Waals surface area contributed by atoms with Crippen LogP contribution in [0.5, 0.6) is 0 Å². The zero-order valence-electron chi connectivity index (χ0n) is 19.1. The van der Waals surface area contributed by atoms with E-state index in [1.165, 1.54) is 0 Å². The van der Waals surface area contributed by atoms with Crippen LogP contribution >= 0.6 is 0 Å². The lowest BCUT2D eigenvalue weighted by Gasteiger charge is -2.00. The highest BCUT2D eigenvalue weighted by Crippen LogP contribution is 2.26. The number of rotatable bonds is 6. The Morgan fingerprint density at radius 1 is 0.676 bits per heavy atom. The van der Waals surface area contributed by atoms with E-state index in [1.54, 1.807) is 0 Å². The third-order valence-electron chi connectivity index (χ3n) is 5.64. The van der Waals surface area contributed by atoms with Gasteiger partial charge in [0.1, 0.15) is 23.3 Å². The van der Waals surface area contributed by atoms with Gasteiger partial charge in [-0.15, -0.1) is 0 Å². The Morgan fingerprint density at radius 3 is 1.47 bits per heavy atom. The van der Waals surface area contributed by atoms with Crippen molar-refractivity contribution in [1.82, 2.24) is 19.9 Å². The van der Waals surface area contributed by atoms with E-state index < -0.39 is 0 Å². The molecular formula is C26H26N8. The summed E-state index contributed by atoms with van der Waals surface area (Å²) in [7, 11) is 0. The number of hydrogen-bond acceptors (Lipinski definition) is 4. The SMILES string of the molecule is CCN=C(N)c1ccc2nc(-c3ccc(-c4nc5ccc(C(N)=NCC)cc5[nH]4)cc3)[nH]c2c1. The fourth-order valence-corrected chi connectivity index (χ4v) is 3.92. The molecule has 2 heterocycles.